The van der Waals surface area contributed by atoms with Crippen molar-refractivity contribution in [3.05, 3.63) is 25.3 Å². The van der Waals surface area contributed by atoms with Crippen molar-refractivity contribution in [3.8, 4) is 0 Å². The molecule has 9 heteroatoms. The highest BCUT2D eigenvalue weighted by Gasteiger charge is 2.50. The molecule has 1 saturated heterocycles. The molecule has 0 amide bonds. The van der Waals surface area contributed by atoms with Gasteiger partial charge in [0.15, 0.2) is 0 Å². The predicted octanol–water partition coefficient (Wildman–Crippen LogP) is 0.956. The normalized spacial score (nSPS) is 32.8. The second kappa shape index (κ2) is 8.73. The van der Waals surface area contributed by atoms with Crippen LogP contribution in [0.5, 0.6) is 0 Å². The highest BCUT2D eigenvalue weighted by molar-refractivity contribution is 7.92. The number of hydrogen-bond donors (Lipinski definition) is 1. The monoisotopic (exact) mass is 343 g/mol. The Morgan fingerprint density at radius 1 is 1.15 bits per heavy atom. The Kier molecular flexibility index (Phi) is 8.04. The third kappa shape index (κ3) is 5.63. The van der Waals surface area contributed by atoms with E-state index in [1.54, 1.807) is 12.2 Å². The molecule has 0 aliphatic carbocycles. The first-order valence-electron chi connectivity index (χ1n) is 5.90. The van der Waals surface area contributed by atoms with Crippen LogP contribution in [0.4, 0.5) is 0 Å². The van der Waals surface area contributed by atoms with E-state index in [9.17, 15) is 14.0 Å². The van der Waals surface area contributed by atoms with Crippen molar-refractivity contribution >= 4 is 30.5 Å². The Bertz CT molecular complexity index is 306. The molecule has 1 radical (unpaired) electrons. The Morgan fingerprint density at radius 2 is 1.55 bits per heavy atom. The van der Waals surface area contributed by atoms with Crippen LogP contribution in [0, 0.1) is 0 Å². The predicted molar refractivity (Wildman–Crippen MR) is 82.0 cm³/mol. The van der Waals surface area contributed by atoms with Crippen LogP contribution in [0.3, 0.4) is 0 Å². The zero-order valence-electron chi connectivity index (χ0n) is 11.3. The van der Waals surface area contributed by atoms with Crippen LogP contribution in [0.1, 0.15) is 0 Å². The van der Waals surface area contributed by atoms with Crippen molar-refractivity contribution in [1.29, 1.82) is 0 Å². The van der Waals surface area contributed by atoms with Gasteiger partial charge in [-0.15, -0.1) is 0 Å². The molecule has 0 saturated carbocycles. The topological polar surface area (TPSA) is 94.0 Å². The fraction of sp³-hybridized carbons (Fsp3) is 0.636. The van der Waals surface area contributed by atoms with Crippen molar-refractivity contribution in [2.24, 2.45) is 0 Å². The summed E-state index contributed by atoms with van der Waals surface area (Å²) in [6.07, 6.45) is 1.88. The maximum atomic E-state index is 11.8. The highest BCUT2D eigenvalue weighted by Crippen LogP contribution is 2.64. The lowest BCUT2D eigenvalue weighted by Crippen LogP contribution is -2.36. The van der Waals surface area contributed by atoms with Crippen LogP contribution in [0.15, 0.2) is 25.3 Å². The van der Waals surface area contributed by atoms with E-state index in [0.29, 0.717) is 11.5 Å². The Labute approximate surface area is 126 Å². The molecule has 0 spiro atoms. The van der Waals surface area contributed by atoms with Gasteiger partial charge < -0.3 is 18.5 Å². The average Bonchev–Trinajstić information content (AvgIpc) is 2.67. The SMILES string of the molecule is C=CC[S+]([O-])CC1O[P](O)(OC)OC1C[S+]([O-])CC=C. The first-order chi connectivity index (χ1) is 9.44. The van der Waals surface area contributed by atoms with E-state index in [1.807, 2.05) is 0 Å². The van der Waals surface area contributed by atoms with Crippen molar-refractivity contribution in [1.82, 2.24) is 0 Å². The second-order valence-electron chi connectivity index (χ2n) is 4.06. The second-order valence-corrected chi connectivity index (χ2v) is 8.88. The first-order valence-corrected chi connectivity index (χ1v) is 10.4. The zero-order chi connectivity index (χ0) is 15.2. The molecule has 0 aromatic heterocycles. The van der Waals surface area contributed by atoms with Crippen molar-refractivity contribution < 1.29 is 27.6 Å². The van der Waals surface area contributed by atoms with Gasteiger partial charge in [0.1, 0.15) is 35.2 Å². The van der Waals surface area contributed by atoms with Gasteiger partial charge in [0.25, 0.3) is 0 Å². The van der Waals surface area contributed by atoms with Crippen molar-refractivity contribution in [2.45, 2.75) is 12.2 Å². The van der Waals surface area contributed by atoms with Crippen LogP contribution in [-0.4, -0.2) is 56.3 Å². The highest BCUT2D eigenvalue weighted by atomic mass is 32.2. The lowest BCUT2D eigenvalue weighted by atomic mass is 10.3. The van der Waals surface area contributed by atoms with Crippen LogP contribution >= 0.6 is 8.17 Å². The van der Waals surface area contributed by atoms with Gasteiger partial charge in [-0.3, -0.25) is 9.05 Å². The van der Waals surface area contributed by atoms with Crippen LogP contribution in [0.25, 0.3) is 0 Å². The minimum atomic E-state index is -3.38. The first kappa shape index (κ1) is 18.4. The van der Waals surface area contributed by atoms with Gasteiger partial charge in [-0.25, -0.2) is 0 Å². The fourth-order valence-corrected chi connectivity index (χ4v) is 5.25. The van der Waals surface area contributed by atoms with E-state index >= 15 is 0 Å². The lowest BCUT2D eigenvalue weighted by molar-refractivity contribution is 0.170. The largest absolute Gasteiger partial charge is 0.616 e. The minimum absolute atomic E-state index is 0.174. The Morgan fingerprint density at radius 3 is 1.85 bits per heavy atom. The summed E-state index contributed by atoms with van der Waals surface area (Å²) < 4.78 is 39.0. The summed E-state index contributed by atoms with van der Waals surface area (Å²) in [6, 6.07) is 0. The van der Waals surface area contributed by atoms with E-state index in [1.165, 1.54) is 7.11 Å². The van der Waals surface area contributed by atoms with Gasteiger partial charge in [0.05, 0.1) is 0 Å². The van der Waals surface area contributed by atoms with E-state index in [2.05, 4.69) is 13.2 Å². The van der Waals surface area contributed by atoms with Crippen LogP contribution in [-0.2, 0) is 35.9 Å². The molecule has 4 unspecified atom stereocenters. The van der Waals surface area contributed by atoms with Gasteiger partial charge in [0.2, 0.25) is 0 Å². The molecule has 4 atom stereocenters. The fourth-order valence-electron chi connectivity index (χ4n) is 1.63. The van der Waals surface area contributed by atoms with Gasteiger partial charge in [0, 0.05) is 7.11 Å². The number of rotatable bonds is 9. The summed E-state index contributed by atoms with van der Waals surface area (Å²) in [5, 5.41) is 0. The van der Waals surface area contributed by atoms with Crippen LogP contribution in [0.2, 0.25) is 0 Å². The number of hydrogen-bond acceptors (Lipinski definition) is 6. The van der Waals surface area contributed by atoms with Crippen LogP contribution < -0.4 is 0 Å². The average molecular weight is 343 g/mol. The molecule has 117 valence electrons. The molecule has 6 nitrogen and oxygen atoms in total. The lowest BCUT2D eigenvalue weighted by Gasteiger charge is -2.18. The molecule has 0 aromatic carbocycles. The molecular weight excluding hydrogens is 323 g/mol. The smallest absolute Gasteiger partial charge is 0.378 e. The molecule has 20 heavy (non-hydrogen) atoms. The third-order valence-corrected chi connectivity index (χ3v) is 6.64. The molecule has 1 heterocycles. The molecule has 1 rings (SSSR count). The van der Waals surface area contributed by atoms with E-state index in [4.69, 9.17) is 13.6 Å². The molecule has 1 fully saturated rings. The van der Waals surface area contributed by atoms with Gasteiger partial charge in [-0.05, 0) is 34.5 Å². The summed E-state index contributed by atoms with van der Waals surface area (Å²) in [5.41, 5.74) is 0. The molecule has 0 bridgehead atoms. The zero-order valence-corrected chi connectivity index (χ0v) is 13.8. The van der Waals surface area contributed by atoms with Crippen molar-refractivity contribution in [2.75, 3.05) is 30.1 Å². The van der Waals surface area contributed by atoms with Gasteiger partial charge in [-0.1, -0.05) is 13.2 Å². The Hall–Kier alpha value is 0.370. The Balaban J connectivity index is 2.65. The molecule has 1 aliphatic rings. The summed E-state index contributed by atoms with van der Waals surface area (Å²) in [5.74, 6) is 1.000. The van der Waals surface area contributed by atoms with Crippen molar-refractivity contribution in [3.63, 3.8) is 0 Å². The standard InChI is InChI=1S/C11H20O6PS2/c1-4-6-19(13)8-10-11(9-20(14)7-5-2)17-18(12,15-3)16-10/h4-5,10-12H,1-2,6-9H2,3H3. The maximum Gasteiger partial charge on any atom is 0.378 e. The molecular formula is C11H20O6PS2. The van der Waals surface area contributed by atoms with E-state index in [-0.39, 0.29) is 11.5 Å². The van der Waals surface area contributed by atoms with Gasteiger partial charge >= 0.3 is 8.17 Å². The summed E-state index contributed by atoms with van der Waals surface area (Å²) in [6.45, 7) is 7.04. The summed E-state index contributed by atoms with van der Waals surface area (Å²) in [7, 11) is -2.11. The minimum Gasteiger partial charge on any atom is -0.616 e. The van der Waals surface area contributed by atoms with E-state index < -0.39 is 42.7 Å². The maximum absolute atomic E-state index is 11.8. The molecule has 1 N–H and O–H groups in total. The quantitative estimate of drug-likeness (QED) is 0.381. The summed E-state index contributed by atoms with van der Waals surface area (Å²) in [4.78, 5) is 9.93. The molecule has 0 aromatic rings. The summed E-state index contributed by atoms with van der Waals surface area (Å²) >= 11 is -2.35. The third-order valence-electron chi connectivity index (χ3n) is 2.49. The van der Waals surface area contributed by atoms with E-state index in [0.717, 1.165) is 0 Å². The molecule has 1 aliphatic heterocycles. The van der Waals surface area contributed by atoms with Gasteiger partial charge in [-0.2, -0.15) is 0 Å².